The predicted molar refractivity (Wildman–Crippen MR) is 69.3 cm³/mol. The number of carboxylic acid groups (broad SMARTS) is 1. The minimum absolute atomic E-state index is 0.134. The molecule has 1 aromatic heterocycles. The van der Waals surface area contributed by atoms with Gasteiger partial charge in [-0.1, -0.05) is 30.3 Å². The van der Waals surface area contributed by atoms with Crippen LogP contribution in [0.1, 0.15) is 17.8 Å². The van der Waals surface area contributed by atoms with E-state index in [1.807, 2.05) is 48.9 Å². The maximum atomic E-state index is 10.6. The zero-order valence-electron chi connectivity index (χ0n) is 10.6. The van der Waals surface area contributed by atoms with Crippen LogP contribution in [-0.2, 0) is 18.3 Å². The van der Waals surface area contributed by atoms with Crippen LogP contribution in [0.4, 0.5) is 0 Å². The summed E-state index contributed by atoms with van der Waals surface area (Å²) in [5.41, 5.74) is 2.93. The van der Waals surface area contributed by atoms with Crippen molar-refractivity contribution in [3.05, 3.63) is 41.7 Å². The Morgan fingerprint density at radius 3 is 2.61 bits per heavy atom. The molecule has 0 aliphatic carbocycles. The molecule has 0 unspecified atom stereocenters. The number of carbonyl (C=O) groups is 1. The van der Waals surface area contributed by atoms with E-state index in [1.165, 1.54) is 0 Å². The molecule has 0 radical (unpaired) electrons. The Morgan fingerprint density at radius 2 is 2.00 bits per heavy atom. The third-order valence-corrected chi connectivity index (χ3v) is 3.02. The Balaban J connectivity index is 2.35. The van der Waals surface area contributed by atoms with Crippen molar-refractivity contribution in [2.75, 3.05) is 0 Å². The molecule has 0 atom stereocenters. The number of benzene rings is 1. The zero-order chi connectivity index (χ0) is 13.1. The molecule has 0 saturated carbocycles. The molecular formula is C14H16N2O2. The lowest BCUT2D eigenvalue weighted by atomic mass is 10.2. The molecule has 4 heteroatoms. The van der Waals surface area contributed by atoms with Gasteiger partial charge in [-0.25, -0.2) is 4.98 Å². The fraction of sp³-hybridized carbons (Fsp3) is 0.286. The van der Waals surface area contributed by atoms with E-state index in [0.717, 1.165) is 22.8 Å². The van der Waals surface area contributed by atoms with Crippen molar-refractivity contribution in [1.29, 1.82) is 0 Å². The van der Waals surface area contributed by atoms with E-state index in [0.29, 0.717) is 6.42 Å². The lowest BCUT2D eigenvalue weighted by molar-refractivity contribution is -0.136. The first-order valence-corrected chi connectivity index (χ1v) is 5.89. The molecule has 1 aromatic carbocycles. The smallest absolute Gasteiger partial charge is 0.303 e. The van der Waals surface area contributed by atoms with Gasteiger partial charge in [-0.3, -0.25) is 4.79 Å². The molecule has 0 aliphatic rings. The average molecular weight is 244 g/mol. The Kier molecular flexibility index (Phi) is 3.46. The summed E-state index contributed by atoms with van der Waals surface area (Å²) in [6.07, 6.45) is 0.645. The number of nitrogens with zero attached hydrogens (tertiary/aromatic N) is 2. The van der Waals surface area contributed by atoms with Gasteiger partial charge in [-0.05, 0) is 13.3 Å². The summed E-state index contributed by atoms with van der Waals surface area (Å²) < 4.78 is 1.98. The van der Waals surface area contributed by atoms with Crippen LogP contribution in [0.25, 0.3) is 11.4 Å². The van der Waals surface area contributed by atoms with E-state index < -0.39 is 5.97 Å². The lowest BCUT2D eigenvalue weighted by Crippen LogP contribution is -2.04. The lowest BCUT2D eigenvalue weighted by Gasteiger charge is -2.05. The number of hydrogen-bond acceptors (Lipinski definition) is 2. The van der Waals surface area contributed by atoms with Crippen LogP contribution in [0.3, 0.4) is 0 Å². The van der Waals surface area contributed by atoms with Gasteiger partial charge in [-0.2, -0.15) is 0 Å². The zero-order valence-corrected chi connectivity index (χ0v) is 10.6. The van der Waals surface area contributed by atoms with Gasteiger partial charge in [0.15, 0.2) is 0 Å². The molecule has 0 bridgehead atoms. The van der Waals surface area contributed by atoms with Crippen LogP contribution in [0.5, 0.6) is 0 Å². The number of rotatable bonds is 4. The minimum Gasteiger partial charge on any atom is -0.481 e. The van der Waals surface area contributed by atoms with Crippen molar-refractivity contribution >= 4 is 5.97 Å². The summed E-state index contributed by atoms with van der Waals surface area (Å²) in [5, 5.41) is 8.75. The second kappa shape index (κ2) is 5.04. The highest BCUT2D eigenvalue weighted by Crippen LogP contribution is 2.21. The standard InChI is InChI=1S/C14H16N2O2/c1-10-12(8-9-13(17)18)16(2)14(15-10)11-6-4-3-5-7-11/h3-7H,8-9H2,1-2H3,(H,17,18). The van der Waals surface area contributed by atoms with Gasteiger partial charge in [0.2, 0.25) is 0 Å². The molecule has 0 amide bonds. The molecule has 94 valence electrons. The largest absolute Gasteiger partial charge is 0.481 e. The van der Waals surface area contributed by atoms with Crippen LogP contribution in [-0.4, -0.2) is 20.6 Å². The van der Waals surface area contributed by atoms with Gasteiger partial charge in [0, 0.05) is 18.3 Å². The molecule has 18 heavy (non-hydrogen) atoms. The van der Waals surface area contributed by atoms with Gasteiger partial charge in [0.25, 0.3) is 0 Å². The summed E-state index contributed by atoms with van der Waals surface area (Å²) in [6.45, 7) is 1.92. The van der Waals surface area contributed by atoms with Crippen molar-refractivity contribution in [3.63, 3.8) is 0 Å². The van der Waals surface area contributed by atoms with E-state index in [-0.39, 0.29) is 6.42 Å². The van der Waals surface area contributed by atoms with Crippen LogP contribution < -0.4 is 0 Å². The number of aromatic nitrogens is 2. The molecule has 0 aliphatic heterocycles. The van der Waals surface area contributed by atoms with E-state index in [2.05, 4.69) is 4.98 Å². The highest BCUT2D eigenvalue weighted by Gasteiger charge is 2.13. The average Bonchev–Trinajstić information content (AvgIpc) is 2.63. The SMILES string of the molecule is Cc1nc(-c2ccccc2)n(C)c1CCC(=O)O. The maximum Gasteiger partial charge on any atom is 0.303 e. The summed E-state index contributed by atoms with van der Waals surface area (Å²) in [7, 11) is 1.93. The molecule has 0 spiro atoms. The normalized spacial score (nSPS) is 10.6. The number of aliphatic carboxylic acids is 1. The van der Waals surface area contributed by atoms with Gasteiger partial charge < -0.3 is 9.67 Å². The summed E-state index contributed by atoms with van der Waals surface area (Å²) in [4.78, 5) is 15.2. The van der Waals surface area contributed by atoms with Crippen molar-refractivity contribution < 1.29 is 9.90 Å². The van der Waals surface area contributed by atoms with E-state index in [9.17, 15) is 4.79 Å². The second-order valence-electron chi connectivity index (χ2n) is 4.29. The topological polar surface area (TPSA) is 55.1 Å². The van der Waals surface area contributed by atoms with Crippen molar-refractivity contribution in [1.82, 2.24) is 9.55 Å². The molecule has 2 rings (SSSR count). The first-order valence-electron chi connectivity index (χ1n) is 5.89. The van der Waals surface area contributed by atoms with Gasteiger partial charge >= 0.3 is 5.97 Å². The maximum absolute atomic E-state index is 10.6. The summed E-state index contributed by atoms with van der Waals surface area (Å²) in [5.74, 6) is 0.102. The Morgan fingerprint density at radius 1 is 1.33 bits per heavy atom. The molecule has 2 aromatic rings. The Hall–Kier alpha value is -2.10. The minimum atomic E-state index is -0.781. The number of carboxylic acids is 1. The third-order valence-electron chi connectivity index (χ3n) is 3.02. The van der Waals surface area contributed by atoms with Crippen LogP contribution in [0, 0.1) is 6.92 Å². The van der Waals surface area contributed by atoms with Crippen LogP contribution in [0.15, 0.2) is 30.3 Å². The quantitative estimate of drug-likeness (QED) is 0.898. The number of hydrogen-bond donors (Lipinski definition) is 1. The number of aryl methyl sites for hydroxylation is 1. The highest BCUT2D eigenvalue weighted by atomic mass is 16.4. The molecular weight excluding hydrogens is 228 g/mol. The van der Waals surface area contributed by atoms with Gasteiger partial charge in [-0.15, -0.1) is 0 Å². The fourth-order valence-corrected chi connectivity index (χ4v) is 2.09. The monoisotopic (exact) mass is 244 g/mol. The van der Waals surface area contributed by atoms with Gasteiger partial charge in [0.05, 0.1) is 12.1 Å². The number of imidazole rings is 1. The van der Waals surface area contributed by atoms with E-state index >= 15 is 0 Å². The summed E-state index contributed by atoms with van der Waals surface area (Å²) >= 11 is 0. The summed E-state index contributed by atoms with van der Waals surface area (Å²) in [6, 6.07) is 9.91. The first kappa shape index (κ1) is 12.4. The van der Waals surface area contributed by atoms with Crippen molar-refractivity contribution in [2.24, 2.45) is 7.05 Å². The van der Waals surface area contributed by atoms with Crippen molar-refractivity contribution in [2.45, 2.75) is 19.8 Å². The molecule has 1 N–H and O–H groups in total. The predicted octanol–water partition coefficient (Wildman–Crippen LogP) is 2.41. The van der Waals surface area contributed by atoms with Crippen LogP contribution in [0.2, 0.25) is 0 Å². The van der Waals surface area contributed by atoms with E-state index in [1.54, 1.807) is 0 Å². The third kappa shape index (κ3) is 2.42. The fourth-order valence-electron chi connectivity index (χ4n) is 2.09. The molecule has 4 nitrogen and oxygen atoms in total. The first-order chi connectivity index (χ1) is 8.59. The second-order valence-corrected chi connectivity index (χ2v) is 4.29. The van der Waals surface area contributed by atoms with Gasteiger partial charge in [0.1, 0.15) is 5.82 Å². The van der Waals surface area contributed by atoms with Crippen molar-refractivity contribution in [3.8, 4) is 11.4 Å². The van der Waals surface area contributed by atoms with Crippen LogP contribution >= 0.6 is 0 Å². The molecule has 0 fully saturated rings. The molecule has 0 saturated heterocycles. The molecule has 1 heterocycles. The van der Waals surface area contributed by atoms with E-state index in [4.69, 9.17) is 5.11 Å². The highest BCUT2D eigenvalue weighted by molar-refractivity contribution is 5.67. The Labute approximate surface area is 106 Å². The Bertz CT molecular complexity index is 559.